The number of hydrogen-bond acceptors (Lipinski definition) is 3. The molecule has 0 spiro atoms. The predicted octanol–water partition coefficient (Wildman–Crippen LogP) is 4.19. The fourth-order valence-electron chi connectivity index (χ4n) is 1.90. The van der Waals surface area contributed by atoms with Gasteiger partial charge in [-0.05, 0) is 47.4 Å². The van der Waals surface area contributed by atoms with Crippen molar-refractivity contribution in [2.75, 3.05) is 0 Å². The van der Waals surface area contributed by atoms with E-state index in [-0.39, 0.29) is 6.04 Å². The highest BCUT2D eigenvalue weighted by Crippen LogP contribution is 2.32. The Bertz CT molecular complexity index is 479. The molecule has 0 aliphatic heterocycles. The van der Waals surface area contributed by atoms with Crippen LogP contribution >= 0.6 is 34.5 Å². The van der Waals surface area contributed by atoms with Gasteiger partial charge in [-0.15, -0.1) is 0 Å². The predicted molar refractivity (Wildman–Crippen MR) is 79.2 cm³/mol. The summed E-state index contributed by atoms with van der Waals surface area (Å²) >= 11 is 14.1. The zero-order chi connectivity index (χ0) is 13.0. The molecule has 0 aliphatic carbocycles. The number of hydrazine groups is 1. The second kappa shape index (κ2) is 6.55. The zero-order valence-electron chi connectivity index (χ0n) is 9.70. The topological polar surface area (TPSA) is 38.0 Å². The van der Waals surface area contributed by atoms with Crippen LogP contribution < -0.4 is 11.3 Å². The molecule has 0 fully saturated rings. The van der Waals surface area contributed by atoms with Gasteiger partial charge < -0.3 is 0 Å². The van der Waals surface area contributed by atoms with Crippen LogP contribution in [-0.4, -0.2) is 0 Å². The van der Waals surface area contributed by atoms with E-state index in [9.17, 15) is 0 Å². The maximum Gasteiger partial charge on any atom is 0.0492 e. The van der Waals surface area contributed by atoms with Crippen molar-refractivity contribution in [2.24, 2.45) is 5.84 Å². The van der Waals surface area contributed by atoms with Gasteiger partial charge in [0.25, 0.3) is 0 Å². The van der Waals surface area contributed by atoms with Gasteiger partial charge >= 0.3 is 0 Å². The Hall–Kier alpha value is -0.580. The third-order valence-corrected chi connectivity index (χ3v) is 4.24. The molecular weight excluding hydrogens is 287 g/mol. The summed E-state index contributed by atoms with van der Waals surface area (Å²) in [5, 5.41) is 5.51. The molecule has 96 valence electrons. The van der Waals surface area contributed by atoms with Crippen molar-refractivity contribution >= 4 is 34.5 Å². The van der Waals surface area contributed by atoms with Gasteiger partial charge in [0.15, 0.2) is 0 Å². The first kappa shape index (κ1) is 13.8. The Kier molecular flexibility index (Phi) is 5.03. The molecule has 3 N–H and O–H groups in total. The van der Waals surface area contributed by atoms with Crippen LogP contribution in [0.1, 0.15) is 23.6 Å². The van der Waals surface area contributed by atoms with Gasteiger partial charge in [-0.25, -0.2) is 0 Å². The minimum absolute atomic E-state index is 0.0360. The molecule has 2 nitrogen and oxygen atoms in total. The van der Waals surface area contributed by atoms with E-state index in [0.29, 0.717) is 10.0 Å². The van der Waals surface area contributed by atoms with Gasteiger partial charge in [0.1, 0.15) is 0 Å². The molecule has 0 saturated heterocycles. The Balaban J connectivity index is 2.13. The van der Waals surface area contributed by atoms with Gasteiger partial charge in [-0.3, -0.25) is 11.3 Å². The number of thiophene rings is 1. The lowest BCUT2D eigenvalue weighted by Gasteiger charge is -2.18. The Morgan fingerprint density at radius 3 is 2.50 bits per heavy atom. The molecule has 18 heavy (non-hydrogen) atoms. The fraction of sp³-hybridized carbons (Fsp3) is 0.231. The number of benzene rings is 1. The highest BCUT2D eigenvalue weighted by atomic mass is 35.5. The van der Waals surface area contributed by atoms with Crippen molar-refractivity contribution in [3.8, 4) is 0 Å². The van der Waals surface area contributed by atoms with Crippen LogP contribution in [0.25, 0.3) is 0 Å². The molecule has 0 radical (unpaired) electrons. The van der Waals surface area contributed by atoms with Crippen LogP contribution in [0.2, 0.25) is 10.0 Å². The molecule has 1 atom stereocenters. The molecule has 1 heterocycles. The number of nitrogens with one attached hydrogen (secondary N) is 1. The minimum Gasteiger partial charge on any atom is -0.271 e. The molecule has 0 aliphatic rings. The van der Waals surface area contributed by atoms with Crippen molar-refractivity contribution < 1.29 is 0 Å². The fourth-order valence-corrected chi connectivity index (χ4v) is 3.26. The second-order valence-corrected chi connectivity index (χ2v) is 5.62. The molecule has 2 aromatic rings. The van der Waals surface area contributed by atoms with E-state index in [4.69, 9.17) is 29.0 Å². The molecule has 0 bridgehead atoms. The van der Waals surface area contributed by atoms with Crippen LogP contribution in [0, 0.1) is 0 Å². The number of aryl methyl sites for hydroxylation is 1. The summed E-state index contributed by atoms with van der Waals surface area (Å²) in [7, 11) is 0. The van der Waals surface area contributed by atoms with Gasteiger partial charge in [-0.2, -0.15) is 11.3 Å². The molecule has 1 aromatic heterocycles. The first-order valence-electron chi connectivity index (χ1n) is 5.63. The van der Waals surface area contributed by atoms with E-state index in [1.54, 1.807) is 11.3 Å². The summed E-state index contributed by atoms with van der Waals surface area (Å²) in [5.74, 6) is 5.62. The van der Waals surface area contributed by atoms with Crippen LogP contribution in [0.4, 0.5) is 0 Å². The van der Waals surface area contributed by atoms with E-state index in [2.05, 4.69) is 22.3 Å². The number of halogens is 2. The van der Waals surface area contributed by atoms with E-state index in [0.717, 1.165) is 18.4 Å². The highest BCUT2D eigenvalue weighted by Gasteiger charge is 2.16. The molecule has 1 aromatic carbocycles. The van der Waals surface area contributed by atoms with Gasteiger partial charge in [0.05, 0.1) is 0 Å². The van der Waals surface area contributed by atoms with Crippen molar-refractivity contribution in [2.45, 2.75) is 18.9 Å². The molecule has 1 unspecified atom stereocenters. The monoisotopic (exact) mass is 300 g/mol. The van der Waals surface area contributed by atoms with Crippen molar-refractivity contribution in [1.29, 1.82) is 0 Å². The van der Waals surface area contributed by atoms with E-state index < -0.39 is 0 Å². The summed E-state index contributed by atoms with van der Waals surface area (Å²) in [6.45, 7) is 0. The number of hydrogen-bond donors (Lipinski definition) is 2. The standard InChI is InChI=1S/C13H14Cl2N2S/c14-10-2-1-3-11(15)13(10)12(17-16)5-4-9-6-7-18-8-9/h1-3,6-8,12,17H,4-5,16H2. The normalized spacial score (nSPS) is 12.6. The molecule has 0 saturated carbocycles. The smallest absolute Gasteiger partial charge is 0.0492 e. The molecular formula is C13H14Cl2N2S. The maximum absolute atomic E-state index is 6.19. The quantitative estimate of drug-likeness (QED) is 0.642. The number of nitrogens with two attached hydrogens (primary N) is 1. The number of rotatable bonds is 5. The summed E-state index contributed by atoms with van der Waals surface area (Å²) < 4.78 is 0. The van der Waals surface area contributed by atoms with Crippen LogP contribution in [0.3, 0.4) is 0 Å². The Labute approximate surface area is 121 Å². The molecule has 2 rings (SSSR count). The highest BCUT2D eigenvalue weighted by molar-refractivity contribution is 7.07. The third kappa shape index (κ3) is 3.25. The van der Waals surface area contributed by atoms with E-state index >= 15 is 0 Å². The van der Waals surface area contributed by atoms with Crippen LogP contribution in [-0.2, 0) is 6.42 Å². The summed E-state index contributed by atoms with van der Waals surface area (Å²) in [6, 6.07) is 7.58. The van der Waals surface area contributed by atoms with Gasteiger partial charge in [0, 0.05) is 21.7 Å². The van der Waals surface area contributed by atoms with Gasteiger partial charge in [-0.1, -0.05) is 29.3 Å². The molecule has 5 heteroatoms. The van der Waals surface area contributed by atoms with E-state index in [1.165, 1.54) is 5.56 Å². The van der Waals surface area contributed by atoms with Crippen molar-refractivity contribution in [1.82, 2.24) is 5.43 Å². The van der Waals surface area contributed by atoms with E-state index in [1.807, 2.05) is 18.2 Å². The minimum atomic E-state index is -0.0360. The summed E-state index contributed by atoms with van der Waals surface area (Å²) in [5.41, 5.74) is 4.98. The first-order valence-corrected chi connectivity index (χ1v) is 7.33. The maximum atomic E-state index is 6.19. The first-order chi connectivity index (χ1) is 8.72. The second-order valence-electron chi connectivity index (χ2n) is 4.02. The van der Waals surface area contributed by atoms with Gasteiger partial charge in [0.2, 0.25) is 0 Å². The lowest BCUT2D eigenvalue weighted by molar-refractivity contribution is 0.517. The SMILES string of the molecule is NNC(CCc1ccsc1)c1c(Cl)cccc1Cl. The molecule has 0 amide bonds. The summed E-state index contributed by atoms with van der Waals surface area (Å²) in [6.07, 6.45) is 1.80. The van der Waals surface area contributed by atoms with Crippen LogP contribution in [0.5, 0.6) is 0 Å². The lowest BCUT2D eigenvalue weighted by atomic mass is 10.0. The Morgan fingerprint density at radius 1 is 1.22 bits per heavy atom. The van der Waals surface area contributed by atoms with Crippen LogP contribution in [0.15, 0.2) is 35.0 Å². The Morgan fingerprint density at radius 2 is 1.94 bits per heavy atom. The average molecular weight is 301 g/mol. The largest absolute Gasteiger partial charge is 0.271 e. The van der Waals surface area contributed by atoms with Crippen molar-refractivity contribution in [3.63, 3.8) is 0 Å². The van der Waals surface area contributed by atoms with Crippen molar-refractivity contribution in [3.05, 3.63) is 56.2 Å². The zero-order valence-corrected chi connectivity index (χ0v) is 12.0. The average Bonchev–Trinajstić information content (AvgIpc) is 2.86. The summed E-state index contributed by atoms with van der Waals surface area (Å²) in [4.78, 5) is 0. The third-order valence-electron chi connectivity index (χ3n) is 2.85. The lowest BCUT2D eigenvalue weighted by Crippen LogP contribution is -2.28.